The first-order chi connectivity index (χ1) is 14.9. The zero-order chi connectivity index (χ0) is 22.4. The second-order valence-electron chi connectivity index (χ2n) is 7.31. The molecule has 2 amide bonds. The Bertz CT molecular complexity index is 1060. The summed E-state index contributed by atoms with van der Waals surface area (Å²) in [5.74, 6) is 0.0998. The minimum absolute atomic E-state index is 0.0494. The number of rotatable bonds is 7. The highest BCUT2D eigenvalue weighted by Crippen LogP contribution is 2.27. The average molecular weight is 422 g/mol. The van der Waals surface area contributed by atoms with Gasteiger partial charge in [0.1, 0.15) is 5.75 Å². The maximum atomic E-state index is 12.5. The lowest BCUT2D eigenvalue weighted by atomic mass is 10.0. The molecule has 0 fully saturated rings. The average Bonchev–Trinajstić information content (AvgIpc) is 3.21. The minimum atomic E-state index is -0.599. The van der Waals surface area contributed by atoms with Gasteiger partial charge in [0.05, 0.1) is 19.0 Å². The molecule has 162 valence electrons. The number of hydrazine groups is 1. The Morgan fingerprint density at radius 3 is 2.48 bits per heavy atom. The standard InChI is InChI=1S/C23H26N4O4/c1-15(2)18-11-10-16(3)12-19(18)31-14-21(28)24-25-23(29)22-20(30-4)13-27(26-22)17-8-6-5-7-9-17/h5-13,15H,14H2,1-4H3,(H,24,28)(H,25,29). The molecule has 3 rings (SSSR count). The van der Waals surface area contributed by atoms with Crippen molar-refractivity contribution >= 4 is 11.8 Å². The molecule has 8 nitrogen and oxygen atoms in total. The van der Waals surface area contributed by atoms with Gasteiger partial charge in [0.15, 0.2) is 18.1 Å². The number of hydrogen-bond donors (Lipinski definition) is 2. The van der Waals surface area contributed by atoms with E-state index in [0.717, 1.165) is 16.8 Å². The highest BCUT2D eigenvalue weighted by molar-refractivity contribution is 5.96. The summed E-state index contributed by atoms with van der Waals surface area (Å²) >= 11 is 0. The van der Waals surface area contributed by atoms with Crippen LogP contribution in [0.25, 0.3) is 5.69 Å². The Morgan fingerprint density at radius 2 is 1.81 bits per heavy atom. The molecule has 8 heteroatoms. The van der Waals surface area contributed by atoms with Crippen LogP contribution in [-0.4, -0.2) is 35.3 Å². The number of hydrogen-bond acceptors (Lipinski definition) is 5. The van der Waals surface area contributed by atoms with Crippen LogP contribution in [0.3, 0.4) is 0 Å². The van der Waals surface area contributed by atoms with Crippen molar-refractivity contribution in [2.45, 2.75) is 26.7 Å². The molecule has 0 spiro atoms. The number of carbonyl (C=O) groups is 2. The number of amides is 2. The van der Waals surface area contributed by atoms with Crippen LogP contribution in [-0.2, 0) is 4.79 Å². The van der Waals surface area contributed by atoms with Crippen molar-refractivity contribution in [1.29, 1.82) is 0 Å². The zero-order valence-electron chi connectivity index (χ0n) is 18.0. The fourth-order valence-corrected chi connectivity index (χ4v) is 2.99. The Kier molecular flexibility index (Phi) is 6.92. The number of para-hydroxylation sites is 1. The number of aryl methyl sites for hydroxylation is 1. The van der Waals surface area contributed by atoms with Crippen molar-refractivity contribution in [1.82, 2.24) is 20.6 Å². The predicted molar refractivity (Wildman–Crippen MR) is 116 cm³/mol. The van der Waals surface area contributed by atoms with Gasteiger partial charge in [0.2, 0.25) is 0 Å². The van der Waals surface area contributed by atoms with Crippen LogP contribution in [0, 0.1) is 6.92 Å². The Labute approximate surface area is 181 Å². The van der Waals surface area contributed by atoms with E-state index in [1.807, 2.05) is 55.5 Å². The van der Waals surface area contributed by atoms with Crippen LogP contribution < -0.4 is 20.3 Å². The molecule has 0 saturated carbocycles. The second kappa shape index (κ2) is 9.80. The molecule has 2 aromatic carbocycles. The van der Waals surface area contributed by atoms with Crippen LogP contribution in [0.5, 0.6) is 11.5 Å². The summed E-state index contributed by atoms with van der Waals surface area (Å²) in [7, 11) is 1.45. The molecule has 31 heavy (non-hydrogen) atoms. The molecule has 0 unspecified atom stereocenters. The smallest absolute Gasteiger partial charge is 0.294 e. The van der Waals surface area contributed by atoms with Crippen LogP contribution in [0.1, 0.15) is 41.4 Å². The highest BCUT2D eigenvalue weighted by Gasteiger charge is 2.19. The van der Waals surface area contributed by atoms with Crippen LogP contribution in [0.15, 0.2) is 54.7 Å². The van der Waals surface area contributed by atoms with E-state index >= 15 is 0 Å². The van der Waals surface area contributed by atoms with Gasteiger partial charge in [-0.05, 0) is 42.2 Å². The lowest BCUT2D eigenvalue weighted by Crippen LogP contribution is -2.44. The monoisotopic (exact) mass is 422 g/mol. The van der Waals surface area contributed by atoms with E-state index in [1.54, 1.807) is 6.20 Å². The molecule has 3 aromatic rings. The molecule has 0 aliphatic rings. The second-order valence-corrected chi connectivity index (χ2v) is 7.31. The first-order valence-electron chi connectivity index (χ1n) is 9.90. The molecule has 1 aromatic heterocycles. The maximum Gasteiger partial charge on any atom is 0.294 e. The number of methoxy groups -OCH3 is 1. The third-order valence-electron chi connectivity index (χ3n) is 4.60. The van der Waals surface area contributed by atoms with E-state index < -0.39 is 11.8 Å². The summed E-state index contributed by atoms with van der Waals surface area (Å²) in [6.07, 6.45) is 1.60. The maximum absolute atomic E-state index is 12.5. The molecule has 0 saturated heterocycles. The van der Waals surface area contributed by atoms with Gasteiger partial charge in [-0.2, -0.15) is 5.10 Å². The molecular weight excluding hydrogens is 396 g/mol. The fourth-order valence-electron chi connectivity index (χ4n) is 2.99. The third-order valence-corrected chi connectivity index (χ3v) is 4.60. The van der Waals surface area contributed by atoms with Gasteiger partial charge >= 0.3 is 0 Å². The van der Waals surface area contributed by atoms with Gasteiger partial charge in [-0.25, -0.2) is 4.68 Å². The number of aromatic nitrogens is 2. The number of nitrogens with one attached hydrogen (secondary N) is 2. The van der Waals surface area contributed by atoms with Crippen molar-refractivity contribution in [2.24, 2.45) is 0 Å². The largest absolute Gasteiger partial charge is 0.493 e. The number of carbonyl (C=O) groups excluding carboxylic acids is 2. The quantitative estimate of drug-likeness (QED) is 0.571. The van der Waals surface area contributed by atoms with E-state index in [0.29, 0.717) is 5.75 Å². The molecule has 0 atom stereocenters. The van der Waals surface area contributed by atoms with Crippen LogP contribution in [0.2, 0.25) is 0 Å². The third kappa shape index (κ3) is 5.42. The molecule has 0 aliphatic heterocycles. The summed E-state index contributed by atoms with van der Waals surface area (Å²) in [6.45, 7) is 5.83. The minimum Gasteiger partial charge on any atom is -0.493 e. The number of ether oxygens (including phenoxy) is 2. The first kappa shape index (κ1) is 21.9. The van der Waals surface area contributed by atoms with Crippen LogP contribution >= 0.6 is 0 Å². The summed E-state index contributed by atoms with van der Waals surface area (Å²) in [6, 6.07) is 15.2. The van der Waals surface area contributed by atoms with Crippen molar-refractivity contribution in [2.75, 3.05) is 13.7 Å². The molecule has 2 N–H and O–H groups in total. The van der Waals surface area contributed by atoms with Crippen molar-refractivity contribution in [3.05, 3.63) is 71.5 Å². The molecule has 0 bridgehead atoms. The van der Waals surface area contributed by atoms with Crippen LogP contribution in [0.4, 0.5) is 0 Å². The molecule has 1 heterocycles. The summed E-state index contributed by atoms with van der Waals surface area (Å²) in [4.78, 5) is 24.7. The summed E-state index contributed by atoms with van der Waals surface area (Å²) in [5.41, 5.74) is 7.57. The number of nitrogens with zero attached hydrogens (tertiary/aromatic N) is 2. The van der Waals surface area contributed by atoms with Gasteiger partial charge in [0.25, 0.3) is 11.8 Å². The van der Waals surface area contributed by atoms with E-state index in [9.17, 15) is 9.59 Å². The Balaban J connectivity index is 1.61. The first-order valence-corrected chi connectivity index (χ1v) is 9.90. The van der Waals surface area contributed by atoms with Gasteiger partial charge in [0, 0.05) is 0 Å². The van der Waals surface area contributed by atoms with Gasteiger partial charge in [-0.15, -0.1) is 0 Å². The van der Waals surface area contributed by atoms with E-state index in [2.05, 4.69) is 29.8 Å². The summed E-state index contributed by atoms with van der Waals surface area (Å²) < 4.78 is 12.5. The van der Waals surface area contributed by atoms with Gasteiger partial charge in [-0.1, -0.05) is 44.2 Å². The Hall–Kier alpha value is -3.81. The highest BCUT2D eigenvalue weighted by atomic mass is 16.5. The predicted octanol–water partition coefficient (Wildman–Crippen LogP) is 3.15. The van der Waals surface area contributed by atoms with Crippen molar-refractivity contribution in [3.8, 4) is 17.2 Å². The normalized spacial score (nSPS) is 10.6. The lowest BCUT2D eigenvalue weighted by Gasteiger charge is -2.15. The molecule has 0 aliphatic carbocycles. The zero-order valence-corrected chi connectivity index (χ0v) is 18.0. The lowest BCUT2D eigenvalue weighted by molar-refractivity contribution is -0.123. The molecule has 0 radical (unpaired) electrons. The topological polar surface area (TPSA) is 94.5 Å². The Morgan fingerprint density at radius 1 is 1.06 bits per heavy atom. The molecular formula is C23H26N4O4. The fraction of sp³-hybridized carbons (Fsp3) is 0.261. The van der Waals surface area contributed by atoms with Crippen molar-refractivity contribution < 1.29 is 19.1 Å². The van der Waals surface area contributed by atoms with Gasteiger partial charge < -0.3 is 9.47 Å². The SMILES string of the molecule is COc1cn(-c2ccccc2)nc1C(=O)NNC(=O)COc1cc(C)ccc1C(C)C. The van der Waals surface area contributed by atoms with E-state index in [1.165, 1.54) is 11.8 Å². The van der Waals surface area contributed by atoms with Gasteiger partial charge in [-0.3, -0.25) is 20.4 Å². The summed E-state index contributed by atoms with van der Waals surface area (Å²) in [5, 5.41) is 4.26. The van der Waals surface area contributed by atoms with E-state index in [4.69, 9.17) is 9.47 Å². The van der Waals surface area contributed by atoms with E-state index in [-0.39, 0.29) is 24.0 Å². The van der Waals surface area contributed by atoms with Crippen molar-refractivity contribution in [3.63, 3.8) is 0 Å². The number of benzene rings is 2.